The van der Waals surface area contributed by atoms with E-state index in [0.717, 1.165) is 5.69 Å². The van der Waals surface area contributed by atoms with Gasteiger partial charge in [-0.3, -0.25) is 13.9 Å². The van der Waals surface area contributed by atoms with E-state index < -0.39 is 0 Å². The standard InChI is InChI=1S/C20H16BrN3O3S2/c1-26-13-8-9-15(27-2)14(10-13)24-16(11-21)22-18-17(19(24)25)29-20(28)23(18)12-6-4-3-5-7-12/h3-10H,11H2,1-2H3. The summed E-state index contributed by atoms with van der Waals surface area (Å²) in [4.78, 5) is 18.3. The molecule has 0 spiro atoms. The summed E-state index contributed by atoms with van der Waals surface area (Å²) in [7, 11) is 3.14. The van der Waals surface area contributed by atoms with Gasteiger partial charge in [-0.15, -0.1) is 0 Å². The number of benzene rings is 2. The predicted octanol–water partition coefficient (Wildman–Crippen LogP) is 4.88. The van der Waals surface area contributed by atoms with Gasteiger partial charge < -0.3 is 9.47 Å². The quantitative estimate of drug-likeness (QED) is 0.295. The number of hydrogen-bond donors (Lipinski definition) is 0. The molecule has 0 aliphatic carbocycles. The van der Waals surface area contributed by atoms with Crippen LogP contribution in [0.25, 0.3) is 21.7 Å². The molecule has 0 amide bonds. The molecule has 0 fully saturated rings. The Kier molecular flexibility index (Phi) is 5.53. The molecule has 0 bridgehead atoms. The third-order valence-electron chi connectivity index (χ3n) is 4.44. The average molecular weight is 490 g/mol. The highest BCUT2D eigenvalue weighted by Crippen LogP contribution is 2.30. The first kappa shape index (κ1) is 19.8. The molecule has 2 aromatic heterocycles. The first-order valence-electron chi connectivity index (χ1n) is 8.60. The summed E-state index contributed by atoms with van der Waals surface area (Å²) in [5.41, 5.74) is 1.77. The number of methoxy groups -OCH3 is 2. The highest BCUT2D eigenvalue weighted by molar-refractivity contribution is 9.08. The number of fused-ring (bicyclic) bond motifs is 1. The second kappa shape index (κ2) is 8.10. The highest BCUT2D eigenvalue weighted by atomic mass is 79.9. The molecule has 0 N–H and O–H groups in total. The number of alkyl halides is 1. The van der Waals surface area contributed by atoms with Gasteiger partial charge >= 0.3 is 0 Å². The van der Waals surface area contributed by atoms with Crippen molar-refractivity contribution in [1.82, 2.24) is 14.1 Å². The summed E-state index contributed by atoms with van der Waals surface area (Å²) >= 11 is 10.3. The molecular weight excluding hydrogens is 474 g/mol. The van der Waals surface area contributed by atoms with Crippen molar-refractivity contribution in [2.24, 2.45) is 0 Å². The van der Waals surface area contributed by atoms with Crippen LogP contribution in [-0.4, -0.2) is 28.3 Å². The fourth-order valence-corrected chi connectivity index (χ4v) is 4.79. The first-order chi connectivity index (χ1) is 14.1. The highest BCUT2D eigenvalue weighted by Gasteiger charge is 2.20. The molecule has 0 unspecified atom stereocenters. The van der Waals surface area contributed by atoms with Crippen LogP contribution in [0.3, 0.4) is 0 Å². The zero-order valence-electron chi connectivity index (χ0n) is 15.6. The Balaban J connectivity index is 2.08. The lowest BCUT2D eigenvalue weighted by Crippen LogP contribution is -2.23. The van der Waals surface area contributed by atoms with E-state index >= 15 is 0 Å². The number of nitrogens with zero attached hydrogens (tertiary/aromatic N) is 3. The van der Waals surface area contributed by atoms with Gasteiger partial charge in [0.15, 0.2) is 9.60 Å². The predicted molar refractivity (Wildman–Crippen MR) is 121 cm³/mol. The van der Waals surface area contributed by atoms with Crippen molar-refractivity contribution < 1.29 is 9.47 Å². The van der Waals surface area contributed by atoms with Gasteiger partial charge in [0.1, 0.15) is 22.0 Å². The molecule has 0 radical (unpaired) electrons. The van der Waals surface area contributed by atoms with Crippen molar-refractivity contribution in [1.29, 1.82) is 0 Å². The summed E-state index contributed by atoms with van der Waals surface area (Å²) in [6, 6.07) is 15.0. The lowest BCUT2D eigenvalue weighted by molar-refractivity contribution is 0.401. The maximum Gasteiger partial charge on any atom is 0.277 e. The van der Waals surface area contributed by atoms with Crippen molar-refractivity contribution in [2.75, 3.05) is 14.2 Å². The van der Waals surface area contributed by atoms with Crippen molar-refractivity contribution in [3.8, 4) is 22.9 Å². The normalized spacial score (nSPS) is 11.0. The number of thiazole rings is 1. The van der Waals surface area contributed by atoms with E-state index in [1.54, 1.807) is 37.0 Å². The van der Waals surface area contributed by atoms with E-state index in [1.165, 1.54) is 11.3 Å². The van der Waals surface area contributed by atoms with E-state index in [9.17, 15) is 4.79 Å². The molecule has 148 valence electrons. The van der Waals surface area contributed by atoms with Crippen LogP contribution < -0.4 is 15.0 Å². The van der Waals surface area contributed by atoms with Crippen LogP contribution in [-0.2, 0) is 5.33 Å². The Morgan fingerprint density at radius 3 is 2.52 bits per heavy atom. The fourth-order valence-electron chi connectivity index (χ4n) is 3.11. The fraction of sp³-hybridized carbons (Fsp3) is 0.150. The summed E-state index contributed by atoms with van der Waals surface area (Å²) in [5.74, 6) is 1.69. The third-order valence-corrected chi connectivity index (χ3v) is 6.29. The van der Waals surface area contributed by atoms with Gasteiger partial charge in [0, 0.05) is 11.8 Å². The summed E-state index contributed by atoms with van der Waals surface area (Å²) in [6.07, 6.45) is 0. The van der Waals surface area contributed by atoms with Crippen LogP contribution in [0.4, 0.5) is 0 Å². The number of para-hydroxylation sites is 1. The van der Waals surface area contributed by atoms with Crippen LogP contribution in [0.15, 0.2) is 53.3 Å². The van der Waals surface area contributed by atoms with Crippen LogP contribution in [0.1, 0.15) is 5.82 Å². The molecule has 6 nitrogen and oxygen atoms in total. The number of rotatable bonds is 5. The summed E-state index contributed by atoms with van der Waals surface area (Å²) in [5, 5.41) is 0.371. The van der Waals surface area contributed by atoms with Crippen molar-refractivity contribution in [3.63, 3.8) is 0 Å². The van der Waals surface area contributed by atoms with Gasteiger partial charge in [-0.05, 0) is 36.5 Å². The van der Waals surface area contributed by atoms with Gasteiger partial charge in [0.25, 0.3) is 5.56 Å². The SMILES string of the molecule is COc1ccc(OC)c(-n2c(CBr)nc3c(sc(=S)n3-c3ccccc3)c2=O)c1. The molecule has 0 atom stereocenters. The maximum absolute atomic E-state index is 13.5. The van der Waals surface area contributed by atoms with Crippen molar-refractivity contribution in [3.05, 3.63) is 68.7 Å². The van der Waals surface area contributed by atoms with Gasteiger partial charge in [-0.25, -0.2) is 4.98 Å². The zero-order chi connectivity index (χ0) is 20.5. The van der Waals surface area contributed by atoms with Crippen LogP contribution in [0.2, 0.25) is 0 Å². The lowest BCUT2D eigenvalue weighted by Gasteiger charge is -2.15. The zero-order valence-corrected chi connectivity index (χ0v) is 18.8. The molecule has 4 rings (SSSR count). The number of ether oxygens (including phenoxy) is 2. The lowest BCUT2D eigenvalue weighted by atomic mass is 10.2. The topological polar surface area (TPSA) is 58.3 Å². The van der Waals surface area contributed by atoms with Gasteiger partial charge in [0.05, 0.1) is 25.2 Å². The average Bonchev–Trinajstić information content (AvgIpc) is 3.09. The smallest absolute Gasteiger partial charge is 0.277 e. The minimum Gasteiger partial charge on any atom is -0.497 e. The molecule has 9 heteroatoms. The van der Waals surface area contributed by atoms with E-state index in [0.29, 0.717) is 42.6 Å². The Hall–Kier alpha value is -2.49. The Bertz CT molecular complexity index is 1310. The molecule has 0 aliphatic rings. The van der Waals surface area contributed by atoms with Crippen molar-refractivity contribution >= 4 is 49.8 Å². The molecule has 29 heavy (non-hydrogen) atoms. The van der Waals surface area contributed by atoms with E-state index in [1.807, 2.05) is 34.9 Å². The first-order valence-corrected chi connectivity index (χ1v) is 10.9. The summed E-state index contributed by atoms with van der Waals surface area (Å²) in [6.45, 7) is 0. The Morgan fingerprint density at radius 1 is 1.10 bits per heavy atom. The Morgan fingerprint density at radius 2 is 1.86 bits per heavy atom. The second-order valence-electron chi connectivity index (χ2n) is 6.03. The minimum atomic E-state index is -0.207. The summed E-state index contributed by atoms with van der Waals surface area (Å²) < 4.78 is 15.2. The molecular formula is C20H16BrN3O3S2. The Labute approximate surface area is 184 Å². The van der Waals surface area contributed by atoms with Gasteiger partial charge in [0.2, 0.25) is 0 Å². The van der Waals surface area contributed by atoms with Crippen molar-refractivity contribution in [2.45, 2.75) is 5.33 Å². The van der Waals surface area contributed by atoms with Crippen LogP contribution in [0.5, 0.6) is 11.5 Å². The van der Waals surface area contributed by atoms with Crippen LogP contribution in [0, 0.1) is 3.95 Å². The van der Waals surface area contributed by atoms with E-state index in [-0.39, 0.29) is 5.56 Å². The largest absolute Gasteiger partial charge is 0.497 e. The monoisotopic (exact) mass is 489 g/mol. The molecule has 0 saturated carbocycles. The molecule has 0 saturated heterocycles. The molecule has 4 aromatic rings. The maximum atomic E-state index is 13.5. The number of aromatic nitrogens is 3. The minimum absolute atomic E-state index is 0.207. The van der Waals surface area contributed by atoms with E-state index in [2.05, 4.69) is 15.9 Å². The molecule has 0 aliphatic heterocycles. The number of hydrogen-bond acceptors (Lipinski definition) is 6. The number of halogens is 1. The molecule has 2 heterocycles. The van der Waals surface area contributed by atoms with E-state index in [4.69, 9.17) is 26.7 Å². The van der Waals surface area contributed by atoms with Gasteiger partial charge in [-0.1, -0.05) is 45.5 Å². The molecule has 2 aromatic carbocycles. The third kappa shape index (κ3) is 3.39. The van der Waals surface area contributed by atoms with Crippen LogP contribution >= 0.6 is 39.5 Å². The van der Waals surface area contributed by atoms with Gasteiger partial charge in [-0.2, -0.15) is 0 Å². The second-order valence-corrected chi connectivity index (χ2v) is 8.24.